The summed E-state index contributed by atoms with van der Waals surface area (Å²) >= 11 is 4.81. The lowest BCUT2D eigenvalue weighted by Crippen LogP contribution is -1.99. The molecule has 0 bridgehead atoms. The fourth-order valence-corrected chi connectivity index (χ4v) is 1.79. The van der Waals surface area contributed by atoms with Crippen LogP contribution in [0.4, 0.5) is 18.9 Å². The Labute approximate surface area is 96.2 Å². The maximum Gasteiger partial charge on any atom is 0.446 e. The summed E-state index contributed by atoms with van der Waals surface area (Å²) in [5, 5.41) is 19.0. The minimum absolute atomic E-state index is 0.456. The molecule has 0 aliphatic rings. The number of thioether (sulfide) groups is 1. The molecule has 0 unspecified atom stereocenters. The van der Waals surface area contributed by atoms with Gasteiger partial charge >= 0.3 is 11.2 Å². The summed E-state index contributed by atoms with van der Waals surface area (Å²) in [6, 6.07) is 1.42. The Kier molecular flexibility index (Phi) is 3.54. The minimum Gasteiger partial charge on any atom is -0.501 e. The number of phenolic OH excluding ortho intramolecular Hbond substituents is 1. The Morgan fingerprint density at radius 1 is 1.44 bits per heavy atom. The first-order valence-electron chi connectivity index (χ1n) is 3.63. The number of alkyl halides is 3. The van der Waals surface area contributed by atoms with Crippen molar-refractivity contribution in [2.24, 2.45) is 0 Å². The van der Waals surface area contributed by atoms with Crippen LogP contribution in [0.3, 0.4) is 0 Å². The molecule has 16 heavy (non-hydrogen) atoms. The molecule has 0 aliphatic carbocycles. The number of aromatic hydroxyl groups is 1. The van der Waals surface area contributed by atoms with E-state index in [1.165, 1.54) is 0 Å². The van der Waals surface area contributed by atoms with E-state index >= 15 is 0 Å². The van der Waals surface area contributed by atoms with Crippen molar-refractivity contribution in [2.45, 2.75) is 10.4 Å². The average molecular weight is 274 g/mol. The van der Waals surface area contributed by atoms with Gasteiger partial charge in [0.25, 0.3) is 0 Å². The number of benzene rings is 1. The number of nitro groups is 1. The third-order valence-electron chi connectivity index (χ3n) is 1.45. The van der Waals surface area contributed by atoms with E-state index in [-0.39, 0.29) is 0 Å². The highest BCUT2D eigenvalue weighted by Gasteiger charge is 2.31. The van der Waals surface area contributed by atoms with Gasteiger partial charge in [0, 0.05) is 11.0 Å². The normalized spacial score (nSPS) is 11.5. The molecular formula is C7H3ClF3NO3S. The van der Waals surface area contributed by atoms with Crippen molar-refractivity contribution in [2.75, 3.05) is 0 Å². The van der Waals surface area contributed by atoms with E-state index in [9.17, 15) is 23.3 Å². The van der Waals surface area contributed by atoms with E-state index in [2.05, 4.69) is 0 Å². The quantitative estimate of drug-likeness (QED) is 0.508. The van der Waals surface area contributed by atoms with Crippen LogP contribution in [0, 0.1) is 10.1 Å². The molecule has 0 spiro atoms. The minimum atomic E-state index is -4.58. The van der Waals surface area contributed by atoms with Crippen LogP contribution in [0.25, 0.3) is 0 Å². The lowest BCUT2D eigenvalue weighted by Gasteiger charge is -2.06. The molecule has 9 heteroatoms. The van der Waals surface area contributed by atoms with Gasteiger partial charge in [0.05, 0.1) is 9.95 Å². The second-order valence-corrected chi connectivity index (χ2v) is 4.12. The van der Waals surface area contributed by atoms with Gasteiger partial charge < -0.3 is 5.11 Å². The average Bonchev–Trinajstić information content (AvgIpc) is 2.07. The Balaban J connectivity index is 3.19. The fourth-order valence-electron chi connectivity index (χ4n) is 0.892. The van der Waals surface area contributed by atoms with Crippen LogP contribution in [-0.2, 0) is 0 Å². The topological polar surface area (TPSA) is 63.4 Å². The molecule has 0 aromatic heterocycles. The predicted molar refractivity (Wildman–Crippen MR) is 51.7 cm³/mol. The molecule has 0 fully saturated rings. The van der Waals surface area contributed by atoms with Crippen LogP contribution in [-0.4, -0.2) is 15.5 Å². The van der Waals surface area contributed by atoms with Crippen molar-refractivity contribution in [3.05, 3.63) is 27.3 Å². The number of rotatable bonds is 2. The second kappa shape index (κ2) is 4.38. The summed E-state index contributed by atoms with van der Waals surface area (Å²) in [5.74, 6) is -0.849. The molecule has 4 nitrogen and oxygen atoms in total. The van der Waals surface area contributed by atoms with Crippen molar-refractivity contribution in [3.63, 3.8) is 0 Å². The SMILES string of the molecule is O=[N+]([O-])c1cc(SC(F)(F)F)cc(Cl)c1O. The summed E-state index contributed by atoms with van der Waals surface area (Å²) < 4.78 is 36.0. The fraction of sp³-hybridized carbons (Fsp3) is 0.143. The maximum atomic E-state index is 12.0. The summed E-state index contributed by atoms with van der Waals surface area (Å²) in [7, 11) is 0. The predicted octanol–water partition coefficient (Wildman–Crippen LogP) is 3.57. The van der Waals surface area contributed by atoms with Crippen molar-refractivity contribution >= 4 is 29.1 Å². The van der Waals surface area contributed by atoms with Crippen molar-refractivity contribution in [1.29, 1.82) is 0 Å². The van der Waals surface area contributed by atoms with Gasteiger partial charge in [-0.15, -0.1) is 0 Å². The first-order chi connectivity index (χ1) is 7.20. The van der Waals surface area contributed by atoms with Gasteiger partial charge in [0.2, 0.25) is 5.75 Å². The van der Waals surface area contributed by atoms with E-state index < -0.39 is 43.5 Å². The number of hydrogen-bond acceptors (Lipinski definition) is 4. The van der Waals surface area contributed by atoms with E-state index in [1.807, 2.05) is 0 Å². The van der Waals surface area contributed by atoms with E-state index in [0.29, 0.717) is 6.07 Å². The number of hydrogen-bond donors (Lipinski definition) is 1. The van der Waals surface area contributed by atoms with Gasteiger partial charge in [0.15, 0.2) is 0 Å². The molecule has 0 atom stereocenters. The summed E-state index contributed by atoms with van der Waals surface area (Å²) in [4.78, 5) is 8.92. The Hall–Kier alpha value is -1.15. The molecule has 1 aromatic carbocycles. The first kappa shape index (κ1) is 12.9. The summed E-state index contributed by atoms with van der Waals surface area (Å²) in [5.41, 5.74) is -5.44. The Bertz CT molecular complexity index is 438. The highest BCUT2D eigenvalue weighted by Crippen LogP contribution is 2.43. The Morgan fingerprint density at radius 2 is 2.00 bits per heavy atom. The van der Waals surface area contributed by atoms with Crippen LogP contribution in [0.1, 0.15) is 0 Å². The lowest BCUT2D eigenvalue weighted by atomic mass is 10.3. The monoisotopic (exact) mass is 273 g/mol. The summed E-state index contributed by atoms with van der Waals surface area (Å²) in [6.07, 6.45) is 0. The lowest BCUT2D eigenvalue weighted by molar-refractivity contribution is -0.386. The molecule has 1 rings (SSSR count). The summed E-state index contributed by atoms with van der Waals surface area (Å²) in [6.45, 7) is 0. The number of phenols is 1. The van der Waals surface area contributed by atoms with Gasteiger partial charge in [-0.1, -0.05) is 11.6 Å². The van der Waals surface area contributed by atoms with Gasteiger partial charge in [-0.2, -0.15) is 13.2 Å². The van der Waals surface area contributed by atoms with Crippen molar-refractivity contribution < 1.29 is 23.2 Å². The molecule has 0 amide bonds. The maximum absolute atomic E-state index is 12.0. The van der Waals surface area contributed by atoms with E-state index in [1.54, 1.807) is 0 Å². The zero-order chi connectivity index (χ0) is 12.5. The zero-order valence-electron chi connectivity index (χ0n) is 7.29. The van der Waals surface area contributed by atoms with Gasteiger partial charge in [-0.3, -0.25) is 10.1 Å². The molecule has 0 aliphatic heterocycles. The molecule has 1 N–H and O–H groups in total. The molecule has 0 radical (unpaired) electrons. The number of nitro benzene ring substituents is 1. The third kappa shape index (κ3) is 3.17. The van der Waals surface area contributed by atoms with E-state index in [4.69, 9.17) is 16.7 Å². The van der Waals surface area contributed by atoms with Crippen molar-refractivity contribution in [3.8, 4) is 5.75 Å². The second-order valence-electron chi connectivity index (χ2n) is 2.58. The molecule has 0 saturated heterocycles. The van der Waals surface area contributed by atoms with Crippen LogP contribution < -0.4 is 0 Å². The zero-order valence-corrected chi connectivity index (χ0v) is 8.86. The largest absolute Gasteiger partial charge is 0.501 e. The number of nitrogens with zero attached hydrogens (tertiary/aromatic N) is 1. The molecule has 1 aromatic rings. The molecule has 0 saturated carbocycles. The van der Waals surface area contributed by atoms with Gasteiger partial charge in [0.1, 0.15) is 0 Å². The Morgan fingerprint density at radius 3 is 2.44 bits per heavy atom. The van der Waals surface area contributed by atoms with Crippen LogP contribution in [0.5, 0.6) is 5.75 Å². The highest BCUT2D eigenvalue weighted by molar-refractivity contribution is 8.00. The van der Waals surface area contributed by atoms with Crippen LogP contribution in [0.2, 0.25) is 5.02 Å². The molecule has 0 heterocycles. The highest BCUT2D eigenvalue weighted by atomic mass is 35.5. The molecule has 88 valence electrons. The first-order valence-corrected chi connectivity index (χ1v) is 4.83. The van der Waals surface area contributed by atoms with Crippen molar-refractivity contribution in [1.82, 2.24) is 0 Å². The van der Waals surface area contributed by atoms with Gasteiger partial charge in [-0.05, 0) is 17.8 Å². The van der Waals surface area contributed by atoms with Gasteiger partial charge in [-0.25, -0.2) is 0 Å². The van der Waals surface area contributed by atoms with Crippen LogP contribution in [0.15, 0.2) is 17.0 Å². The standard InChI is InChI=1S/C7H3ClF3NO3S/c8-4-1-3(16-7(9,10)11)2-5(6(4)13)12(14)15/h1-2,13H. The third-order valence-corrected chi connectivity index (χ3v) is 2.44. The number of halogens is 4. The van der Waals surface area contributed by atoms with Crippen LogP contribution >= 0.6 is 23.4 Å². The smallest absolute Gasteiger partial charge is 0.446 e. The van der Waals surface area contributed by atoms with E-state index in [0.717, 1.165) is 6.07 Å². The molecular weight excluding hydrogens is 271 g/mol.